The lowest BCUT2D eigenvalue weighted by Gasteiger charge is -1.99. The first-order valence-corrected chi connectivity index (χ1v) is 8.61. The number of thiazole rings is 1. The molecule has 27 heavy (non-hydrogen) atoms. The van der Waals surface area contributed by atoms with E-state index >= 15 is 0 Å². The molecule has 2 aromatic carbocycles. The molecule has 9 heteroatoms. The summed E-state index contributed by atoms with van der Waals surface area (Å²) >= 11 is 1.26. The number of nitro benzene ring substituents is 1. The van der Waals surface area contributed by atoms with Crippen molar-refractivity contribution >= 4 is 29.1 Å². The van der Waals surface area contributed by atoms with Crippen LogP contribution >= 0.6 is 11.3 Å². The minimum atomic E-state index is -0.697. The molecular formula is C18H14N4O4S. The van der Waals surface area contributed by atoms with Crippen LogP contribution in [-0.4, -0.2) is 27.1 Å². The summed E-state index contributed by atoms with van der Waals surface area (Å²) in [6.45, 7) is 1.74. The average molecular weight is 382 g/mol. The molecule has 0 spiro atoms. The van der Waals surface area contributed by atoms with Gasteiger partial charge in [0.2, 0.25) is 0 Å². The van der Waals surface area contributed by atoms with Crippen LogP contribution in [-0.2, 0) is 0 Å². The topological polar surface area (TPSA) is 118 Å². The first kappa shape index (κ1) is 18.2. The summed E-state index contributed by atoms with van der Waals surface area (Å²) in [7, 11) is 0. The molecule has 3 rings (SSSR count). The van der Waals surface area contributed by atoms with Crippen molar-refractivity contribution in [2.45, 2.75) is 6.92 Å². The van der Waals surface area contributed by atoms with E-state index < -0.39 is 22.3 Å². The number of hydrazone groups is 1. The van der Waals surface area contributed by atoms with Crippen molar-refractivity contribution in [3.63, 3.8) is 0 Å². The quantitative estimate of drug-likeness (QED) is 0.398. The van der Waals surface area contributed by atoms with Crippen LogP contribution in [0.5, 0.6) is 5.75 Å². The van der Waals surface area contributed by atoms with Gasteiger partial charge in [0, 0.05) is 17.2 Å². The molecule has 0 atom stereocenters. The van der Waals surface area contributed by atoms with Gasteiger partial charge in [0.25, 0.3) is 5.91 Å². The predicted molar refractivity (Wildman–Crippen MR) is 102 cm³/mol. The summed E-state index contributed by atoms with van der Waals surface area (Å²) in [5.74, 6) is -0.855. The van der Waals surface area contributed by atoms with Gasteiger partial charge in [0.1, 0.15) is 9.88 Å². The highest BCUT2D eigenvalue weighted by Gasteiger charge is 2.16. The van der Waals surface area contributed by atoms with Crippen LogP contribution < -0.4 is 5.43 Å². The van der Waals surface area contributed by atoms with Gasteiger partial charge in [-0.05, 0) is 19.1 Å². The number of phenols is 1. The van der Waals surface area contributed by atoms with Gasteiger partial charge in [-0.3, -0.25) is 14.9 Å². The summed E-state index contributed by atoms with van der Waals surface area (Å²) in [6, 6.07) is 13.3. The second-order valence-corrected chi connectivity index (χ2v) is 6.50. The Hall–Kier alpha value is -3.59. The molecule has 1 amide bonds. The number of aryl methyl sites for hydroxylation is 1. The van der Waals surface area contributed by atoms with Crippen molar-refractivity contribution in [3.05, 3.63) is 74.8 Å². The summed E-state index contributed by atoms with van der Waals surface area (Å²) in [5.41, 5.74) is 3.83. The van der Waals surface area contributed by atoms with E-state index in [1.165, 1.54) is 29.7 Å². The van der Waals surface area contributed by atoms with Crippen LogP contribution in [0.2, 0.25) is 0 Å². The lowest BCUT2D eigenvalue weighted by atomic mass is 10.2. The Morgan fingerprint density at radius 1 is 1.30 bits per heavy atom. The van der Waals surface area contributed by atoms with Gasteiger partial charge in [0.15, 0.2) is 5.75 Å². The number of hydrogen-bond donors (Lipinski definition) is 2. The Morgan fingerprint density at radius 3 is 2.74 bits per heavy atom. The molecule has 0 bridgehead atoms. The zero-order valence-electron chi connectivity index (χ0n) is 14.1. The number of amides is 1. The number of carbonyl (C=O) groups excluding carboxylic acids is 1. The highest BCUT2D eigenvalue weighted by molar-refractivity contribution is 7.17. The molecule has 0 unspecified atom stereocenters. The Balaban J connectivity index is 1.73. The van der Waals surface area contributed by atoms with Crippen LogP contribution in [0.3, 0.4) is 0 Å². The standard InChI is InChI=1S/C18H14N4O4S/c1-11-16(27-18(20-11)13-5-3-2-4-6-13)17(24)21-19-10-12-7-8-15(23)14(9-12)22(25)26/h2-10,23H,1H3,(H,21,24)/b19-10+. The molecule has 0 aliphatic heterocycles. The maximum Gasteiger partial charge on any atom is 0.311 e. The molecule has 0 radical (unpaired) electrons. The Morgan fingerprint density at radius 2 is 2.04 bits per heavy atom. The molecule has 0 fully saturated rings. The molecule has 2 N–H and O–H groups in total. The van der Waals surface area contributed by atoms with Crippen LogP contribution in [0, 0.1) is 17.0 Å². The van der Waals surface area contributed by atoms with Gasteiger partial charge >= 0.3 is 5.69 Å². The molecular weight excluding hydrogens is 368 g/mol. The van der Waals surface area contributed by atoms with Gasteiger partial charge in [-0.1, -0.05) is 30.3 Å². The number of aromatic nitrogens is 1. The first-order chi connectivity index (χ1) is 13.0. The predicted octanol–water partition coefficient (Wildman–Crippen LogP) is 3.50. The maximum absolute atomic E-state index is 12.3. The van der Waals surface area contributed by atoms with Gasteiger partial charge in [0.05, 0.1) is 16.8 Å². The van der Waals surface area contributed by atoms with E-state index in [1.807, 2.05) is 30.3 Å². The Labute approximate surface area is 158 Å². The summed E-state index contributed by atoms with van der Waals surface area (Å²) in [5, 5.41) is 24.8. The number of hydrogen-bond acceptors (Lipinski definition) is 7. The largest absolute Gasteiger partial charge is 0.502 e. The van der Waals surface area contributed by atoms with E-state index in [9.17, 15) is 20.0 Å². The van der Waals surface area contributed by atoms with Gasteiger partial charge in [-0.2, -0.15) is 5.10 Å². The molecule has 3 aromatic rings. The van der Waals surface area contributed by atoms with E-state index in [4.69, 9.17) is 0 Å². The number of nitrogens with one attached hydrogen (secondary N) is 1. The zero-order valence-corrected chi connectivity index (χ0v) is 14.9. The lowest BCUT2D eigenvalue weighted by molar-refractivity contribution is -0.385. The zero-order chi connectivity index (χ0) is 19.4. The fraction of sp³-hybridized carbons (Fsp3) is 0.0556. The maximum atomic E-state index is 12.3. The minimum absolute atomic E-state index is 0.366. The second kappa shape index (κ2) is 7.75. The molecule has 8 nitrogen and oxygen atoms in total. The van der Waals surface area contributed by atoms with Crippen LogP contribution in [0.25, 0.3) is 10.6 Å². The van der Waals surface area contributed by atoms with E-state index in [0.717, 1.165) is 16.6 Å². The minimum Gasteiger partial charge on any atom is -0.502 e. The highest BCUT2D eigenvalue weighted by atomic mass is 32.1. The molecule has 0 aliphatic rings. The molecule has 0 aliphatic carbocycles. The van der Waals surface area contributed by atoms with Crippen molar-refractivity contribution in [2.24, 2.45) is 5.10 Å². The SMILES string of the molecule is Cc1nc(-c2ccccc2)sc1C(=O)N/N=C/c1ccc(O)c([N+](=O)[O-])c1. The summed E-state index contributed by atoms with van der Waals surface area (Å²) < 4.78 is 0. The van der Waals surface area contributed by atoms with Crippen molar-refractivity contribution in [3.8, 4) is 16.3 Å². The van der Waals surface area contributed by atoms with Crippen LogP contribution in [0.1, 0.15) is 20.9 Å². The van der Waals surface area contributed by atoms with Gasteiger partial charge in [-0.25, -0.2) is 10.4 Å². The van der Waals surface area contributed by atoms with Gasteiger partial charge in [-0.15, -0.1) is 11.3 Å². The van der Waals surface area contributed by atoms with E-state index in [2.05, 4.69) is 15.5 Å². The van der Waals surface area contributed by atoms with E-state index in [1.54, 1.807) is 6.92 Å². The number of benzene rings is 2. The van der Waals surface area contributed by atoms with Crippen molar-refractivity contribution < 1.29 is 14.8 Å². The highest BCUT2D eigenvalue weighted by Crippen LogP contribution is 2.28. The van der Waals surface area contributed by atoms with Crippen molar-refractivity contribution in [2.75, 3.05) is 0 Å². The summed E-state index contributed by atoms with van der Waals surface area (Å²) in [4.78, 5) is 27.3. The van der Waals surface area contributed by atoms with Crippen LogP contribution in [0.15, 0.2) is 53.6 Å². The third-order valence-corrected chi connectivity index (χ3v) is 4.80. The Bertz CT molecular complexity index is 1030. The number of carbonyl (C=O) groups is 1. The number of rotatable bonds is 5. The smallest absolute Gasteiger partial charge is 0.311 e. The van der Waals surface area contributed by atoms with E-state index in [0.29, 0.717) is 16.1 Å². The molecule has 0 saturated carbocycles. The number of nitro groups is 1. The number of aromatic hydroxyl groups is 1. The average Bonchev–Trinajstić information content (AvgIpc) is 3.05. The van der Waals surface area contributed by atoms with Crippen LogP contribution in [0.4, 0.5) is 5.69 Å². The lowest BCUT2D eigenvalue weighted by Crippen LogP contribution is -2.17. The van der Waals surface area contributed by atoms with Crippen molar-refractivity contribution in [1.82, 2.24) is 10.4 Å². The second-order valence-electron chi connectivity index (χ2n) is 5.50. The third-order valence-electron chi connectivity index (χ3n) is 3.60. The number of nitrogens with zero attached hydrogens (tertiary/aromatic N) is 3. The van der Waals surface area contributed by atoms with Gasteiger partial charge < -0.3 is 5.11 Å². The van der Waals surface area contributed by atoms with E-state index in [-0.39, 0.29) is 0 Å². The molecule has 0 saturated heterocycles. The molecule has 1 heterocycles. The first-order valence-electron chi connectivity index (χ1n) is 7.79. The fourth-order valence-corrected chi connectivity index (χ4v) is 3.26. The fourth-order valence-electron chi connectivity index (χ4n) is 2.29. The normalized spacial score (nSPS) is 10.9. The molecule has 1 aromatic heterocycles. The Kier molecular flexibility index (Phi) is 5.23. The third kappa shape index (κ3) is 4.15. The monoisotopic (exact) mass is 382 g/mol. The molecule has 136 valence electrons. The number of phenolic OH excluding ortho intramolecular Hbond substituents is 1. The summed E-state index contributed by atoms with van der Waals surface area (Å²) in [6.07, 6.45) is 1.26. The van der Waals surface area contributed by atoms with Crippen molar-refractivity contribution in [1.29, 1.82) is 0 Å².